The standard InChI is InChI=1S/C20H20N4O3S/c1-20(2)16-12-13(8-9-14(16)19(25)22-20)10-11-21-24(3)18-15-6-4-5-7-17(15)28(26,27)23-18/h4-9,11-12H,10H2,1-3H3,(H,22,25)/b21-11+. The van der Waals surface area contributed by atoms with Crippen LogP contribution in [0.15, 0.2) is 56.9 Å². The molecule has 0 aliphatic carbocycles. The summed E-state index contributed by atoms with van der Waals surface area (Å²) in [5.74, 6) is 0.246. The molecule has 2 aliphatic rings. The third kappa shape index (κ3) is 2.99. The molecule has 0 unspecified atom stereocenters. The van der Waals surface area contributed by atoms with E-state index in [-0.39, 0.29) is 10.8 Å². The van der Waals surface area contributed by atoms with Crippen molar-refractivity contribution in [1.82, 2.24) is 10.3 Å². The molecule has 0 aromatic heterocycles. The first-order chi connectivity index (χ1) is 13.2. The molecule has 0 saturated carbocycles. The van der Waals surface area contributed by atoms with Crippen molar-refractivity contribution in [2.45, 2.75) is 30.7 Å². The van der Waals surface area contributed by atoms with E-state index in [1.165, 1.54) is 5.01 Å². The molecule has 4 rings (SSSR count). The van der Waals surface area contributed by atoms with E-state index < -0.39 is 15.6 Å². The first kappa shape index (κ1) is 18.4. The van der Waals surface area contributed by atoms with E-state index in [0.717, 1.165) is 11.1 Å². The summed E-state index contributed by atoms with van der Waals surface area (Å²) >= 11 is 0. The van der Waals surface area contributed by atoms with Gasteiger partial charge >= 0.3 is 0 Å². The third-order valence-electron chi connectivity index (χ3n) is 4.93. The minimum absolute atomic E-state index is 0.0564. The summed E-state index contributed by atoms with van der Waals surface area (Å²) in [6.07, 6.45) is 2.25. The molecular weight excluding hydrogens is 376 g/mol. The number of hydrogen-bond acceptors (Lipinski definition) is 5. The van der Waals surface area contributed by atoms with Crippen LogP contribution in [0.4, 0.5) is 0 Å². The lowest BCUT2D eigenvalue weighted by Crippen LogP contribution is -2.32. The smallest absolute Gasteiger partial charge is 0.285 e. The van der Waals surface area contributed by atoms with Crippen LogP contribution < -0.4 is 5.32 Å². The fourth-order valence-electron chi connectivity index (χ4n) is 3.50. The van der Waals surface area contributed by atoms with E-state index in [9.17, 15) is 13.2 Å². The van der Waals surface area contributed by atoms with E-state index in [2.05, 4.69) is 14.8 Å². The number of benzene rings is 2. The van der Waals surface area contributed by atoms with Gasteiger partial charge in [-0.15, -0.1) is 4.40 Å². The van der Waals surface area contributed by atoms with Gasteiger partial charge < -0.3 is 5.32 Å². The molecule has 0 saturated heterocycles. The van der Waals surface area contributed by atoms with Crippen LogP contribution >= 0.6 is 0 Å². The van der Waals surface area contributed by atoms with Crippen molar-refractivity contribution in [3.05, 3.63) is 64.7 Å². The third-order valence-corrected chi connectivity index (χ3v) is 6.25. The first-order valence-electron chi connectivity index (χ1n) is 8.85. The van der Waals surface area contributed by atoms with Gasteiger partial charge in [0.05, 0.1) is 5.54 Å². The van der Waals surface area contributed by atoms with Crippen LogP contribution in [0.25, 0.3) is 0 Å². The Kier molecular flexibility index (Phi) is 4.11. The second-order valence-electron chi connectivity index (χ2n) is 7.37. The minimum Gasteiger partial charge on any atom is -0.343 e. The van der Waals surface area contributed by atoms with E-state index in [4.69, 9.17) is 0 Å². The fourth-order valence-corrected chi connectivity index (χ4v) is 4.73. The normalized spacial score (nSPS) is 18.5. The highest BCUT2D eigenvalue weighted by atomic mass is 32.2. The van der Waals surface area contributed by atoms with Crippen molar-refractivity contribution >= 4 is 28.0 Å². The summed E-state index contributed by atoms with van der Waals surface area (Å²) in [6.45, 7) is 3.94. The highest BCUT2D eigenvalue weighted by molar-refractivity contribution is 7.90. The lowest BCUT2D eigenvalue weighted by atomic mass is 9.92. The Labute approximate surface area is 163 Å². The van der Waals surface area contributed by atoms with Gasteiger partial charge in [-0.3, -0.25) is 9.80 Å². The van der Waals surface area contributed by atoms with Crippen LogP contribution in [0.3, 0.4) is 0 Å². The van der Waals surface area contributed by atoms with Crippen molar-refractivity contribution < 1.29 is 13.2 Å². The van der Waals surface area contributed by atoms with Crippen LogP contribution in [0.1, 0.15) is 40.9 Å². The largest absolute Gasteiger partial charge is 0.343 e. The van der Waals surface area contributed by atoms with Crippen LogP contribution in [-0.4, -0.2) is 38.4 Å². The van der Waals surface area contributed by atoms with E-state index in [1.807, 2.05) is 32.0 Å². The molecule has 2 aromatic rings. The number of fused-ring (bicyclic) bond motifs is 2. The van der Waals surface area contributed by atoms with Gasteiger partial charge in [-0.2, -0.15) is 13.5 Å². The van der Waals surface area contributed by atoms with Gasteiger partial charge in [-0.1, -0.05) is 24.3 Å². The van der Waals surface area contributed by atoms with E-state index in [0.29, 0.717) is 23.4 Å². The zero-order chi connectivity index (χ0) is 20.1. The van der Waals surface area contributed by atoms with Gasteiger partial charge in [0.2, 0.25) is 0 Å². The molecule has 1 amide bonds. The Morgan fingerprint density at radius 1 is 1.18 bits per heavy atom. The maximum absolute atomic E-state index is 12.2. The second-order valence-corrected chi connectivity index (χ2v) is 8.94. The Hall–Kier alpha value is -3.00. The van der Waals surface area contributed by atoms with Crippen molar-refractivity contribution in [2.75, 3.05) is 7.05 Å². The van der Waals surface area contributed by atoms with Gasteiger partial charge in [0.15, 0.2) is 5.84 Å². The Morgan fingerprint density at radius 2 is 1.93 bits per heavy atom. The number of nitrogens with zero attached hydrogens (tertiary/aromatic N) is 3. The maximum atomic E-state index is 12.2. The molecule has 0 fully saturated rings. The number of nitrogens with one attached hydrogen (secondary N) is 1. The molecule has 7 nitrogen and oxygen atoms in total. The first-order valence-corrected chi connectivity index (χ1v) is 10.3. The Morgan fingerprint density at radius 3 is 2.71 bits per heavy atom. The van der Waals surface area contributed by atoms with Crippen LogP contribution in [0.2, 0.25) is 0 Å². The predicted octanol–water partition coefficient (Wildman–Crippen LogP) is 2.27. The Balaban J connectivity index is 1.53. The molecule has 0 radical (unpaired) electrons. The lowest BCUT2D eigenvalue weighted by Gasteiger charge is -2.19. The SMILES string of the molecule is CN(/N=C/Cc1ccc2c(c1)C(C)(C)NC2=O)C1=NS(=O)(=O)c2ccccc21. The van der Waals surface area contributed by atoms with Crippen molar-refractivity contribution in [1.29, 1.82) is 0 Å². The van der Waals surface area contributed by atoms with E-state index in [1.54, 1.807) is 37.5 Å². The summed E-state index contributed by atoms with van der Waals surface area (Å²) in [5, 5.41) is 8.77. The van der Waals surface area contributed by atoms with Gasteiger partial charge in [0.25, 0.3) is 15.9 Å². The molecule has 28 heavy (non-hydrogen) atoms. The zero-order valence-corrected chi connectivity index (χ0v) is 16.6. The number of rotatable bonds is 3. The topological polar surface area (TPSA) is 91.2 Å². The van der Waals surface area contributed by atoms with Gasteiger partial charge in [-0.05, 0) is 43.2 Å². The average Bonchev–Trinajstić information content (AvgIpc) is 3.05. The molecule has 2 heterocycles. The monoisotopic (exact) mass is 396 g/mol. The summed E-state index contributed by atoms with van der Waals surface area (Å²) in [5.41, 5.74) is 2.84. The van der Waals surface area contributed by atoms with E-state index >= 15 is 0 Å². The highest BCUT2D eigenvalue weighted by Gasteiger charge is 2.34. The van der Waals surface area contributed by atoms with Crippen molar-refractivity contribution in [3.8, 4) is 0 Å². The quantitative estimate of drug-likeness (QED) is 0.636. The molecule has 0 bridgehead atoms. The van der Waals surface area contributed by atoms with Crippen molar-refractivity contribution in [3.63, 3.8) is 0 Å². The van der Waals surface area contributed by atoms with Crippen molar-refractivity contribution in [2.24, 2.45) is 9.50 Å². The lowest BCUT2D eigenvalue weighted by molar-refractivity contribution is 0.0940. The molecule has 2 aliphatic heterocycles. The van der Waals surface area contributed by atoms with Gasteiger partial charge in [-0.25, -0.2) is 0 Å². The molecule has 2 aromatic carbocycles. The number of carbonyl (C=O) groups is 1. The van der Waals surface area contributed by atoms with Gasteiger partial charge in [0, 0.05) is 30.8 Å². The fraction of sp³-hybridized carbons (Fsp3) is 0.250. The van der Waals surface area contributed by atoms with Crippen LogP contribution in [-0.2, 0) is 22.0 Å². The highest BCUT2D eigenvalue weighted by Crippen LogP contribution is 2.31. The number of hydrogen-bond donors (Lipinski definition) is 1. The molecular formula is C20H20N4O3S. The maximum Gasteiger partial charge on any atom is 0.285 e. The second kappa shape index (κ2) is 6.27. The number of amidine groups is 1. The average molecular weight is 396 g/mol. The number of carbonyl (C=O) groups excluding carboxylic acids is 1. The summed E-state index contributed by atoms with van der Waals surface area (Å²) in [7, 11) is -2.00. The molecule has 0 atom stereocenters. The van der Waals surface area contributed by atoms with Crippen LogP contribution in [0, 0.1) is 0 Å². The molecule has 144 valence electrons. The zero-order valence-electron chi connectivity index (χ0n) is 15.8. The molecule has 8 heteroatoms. The van der Waals surface area contributed by atoms with Crippen LogP contribution in [0.5, 0.6) is 0 Å². The Bertz CT molecular complexity index is 1150. The number of sulfonamides is 1. The summed E-state index contributed by atoms with van der Waals surface area (Å²) in [6, 6.07) is 12.4. The van der Waals surface area contributed by atoms with Gasteiger partial charge in [0.1, 0.15) is 4.90 Å². The molecule has 0 spiro atoms. The summed E-state index contributed by atoms with van der Waals surface area (Å²) in [4.78, 5) is 12.2. The molecule has 1 N–H and O–H groups in total. The predicted molar refractivity (Wildman–Crippen MR) is 107 cm³/mol. The number of hydrazone groups is 1. The summed E-state index contributed by atoms with van der Waals surface area (Å²) < 4.78 is 28.2. The number of amides is 1. The minimum atomic E-state index is -3.67.